The molecule has 0 amide bonds. The fourth-order valence-electron chi connectivity index (χ4n) is 1.27. The first-order valence-corrected chi connectivity index (χ1v) is 4.60. The molecule has 1 aromatic rings. The maximum absolute atomic E-state index is 5.23. The summed E-state index contributed by atoms with van der Waals surface area (Å²) in [6.45, 7) is 5.36. The first-order valence-electron chi connectivity index (χ1n) is 4.60. The van der Waals surface area contributed by atoms with Gasteiger partial charge in [0.1, 0.15) is 6.61 Å². The number of hydrogen-bond donors (Lipinski definition) is 1. The molecule has 4 heteroatoms. The van der Waals surface area contributed by atoms with Crippen molar-refractivity contribution in [2.45, 2.75) is 6.04 Å². The van der Waals surface area contributed by atoms with E-state index in [0.717, 1.165) is 12.1 Å². The van der Waals surface area contributed by atoms with Crippen molar-refractivity contribution in [2.24, 2.45) is 4.99 Å². The fourth-order valence-corrected chi connectivity index (χ4v) is 1.27. The molecule has 1 aliphatic rings. The molecule has 1 aromatic carbocycles. The molecular weight excluding hydrogens is 265 g/mol. The van der Waals surface area contributed by atoms with Gasteiger partial charge in [-0.15, -0.1) is 0 Å². The Kier molecular flexibility index (Phi) is 5.26. The Hall–Kier alpha value is -0.406. The van der Waals surface area contributed by atoms with Crippen LogP contribution in [0.2, 0.25) is 0 Å². The third kappa shape index (κ3) is 3.58. The van der Waals surface area contributed by atoms with Gasteiger partial charge >= 0.3 is 0 Å². The largest absolute Gasteiger partial charge is 0.463 e. The first kappa shape index (κ1) is 12.7. The summed E-state index contributed by atoms with van der Waals surface area (Å²) in [5, 5.41) is 3.08. The first-order chi connectivity index (χ1) is 6.86. The zero-order valence-electron chi connectivity index (χ0n) is 8.44. The summed E-state index contributed by atoms with van der Waals surface area (Å²) in [7, 11) is 0. The number of hydrogen-bond acceptors (Lipinski definition) is 3. The second kappa shape index (κ2) is 6.24. The van der Waals surface area contributed by atoms with Crippen molar-refractivity contribution >= 4 is 6.02 Å². The molecule has 1 radical (unpaired) electrons. The molecule has 0 spiro atoms. The van der Waals surface area contributed by atoms with Crippen LogP contribution in [0, 0.1) is 13.0 Å². The molecular formula is C11H12N2OY-2. The van der Waals surface area contributed by atoms with E-state index in [9.17, 15) is 0 Å². The van der Waals surface area contributed by atoms with Gasteiger partial charge in [-0.3, -0.25) is 0 Å². The number of rotatable bonds is 2. The summed E-state index contributed by atoms with van der Waals surface area (Å²) in [6, 6.07) is 11.4. The van der Waals surface area contributed by atoms with Crippen LogP contribution in [0.4, 0.5) is 0 Å². The predicted molar refractivity (Wildman–Crippen MR) is 54.8 cm³/mol. The molecule has 0 aromatic heterocycles. The summed E-state index contributed by atoms with van der Waals surface area (Å²) in [4.78, 5) is 4.13. The number of nitrogens with zero attached hydrogens (tertiary/aromatic N) is 1. The molecule has 1 N–H and O–H groups in total. The normalized spacial score (nSPS) is 15.9. The second-order valence-corrected chi connectivity index (χ2v) is 3.05. The Labute approximate surface area is 115 Å². The minimum absolute atomic E-state index is 0. The van der Waals surface area contributed by atoms with E-state index in [0.29, 0.717) is 12.6 Å². The van der Waals surface area contributed by atoms with Crippen LogP contribution in [0.1, 0.15) is 11.6 Å². The Balaban J connectivity index is 0.00000112. The van der Waals surface area contributed by atoms with Crippen LogP contribution >= 0.6 is 0 Å². The number of nitrogens with one attached hydrogen (secondary N) is 1. The molecule has 15 heavy (non-hydrogen) atoms. The van der Waals surface area contributed by atoms with Gasteiger partial charge in [-0.1, -0.05) is 6.04 Å². The standard InChI is InChI=1S/C11H12N2O.Y/c1-9(10-5-3-2-4-6-10)13-11-12-7-8-14-11;/h2-5,9H,1,7-8H2,(H,12,13);/q-2;. The molecule has 0 bridgehead atoms. The van der Waals surface area contributed by atoms with Gasteiger partial charge in [0.2, 0.25) is 0 Å². The quantitative estimate of drug-likeness (QED) is 0.828. The van der Waals surface area contributed by atoms with Crippen LogP contribution in [0.5, 0.6) is 0 Å². The van der Waals surface area contributed by atoms with Crippen molar-refractivity contribution in [3.05, 3.63) is 42.8 Å². The van der Waals surface area contributed by atoms with Gasteiger partial charge in [0.05, 0.1) is 6.54 Å². The number of amidine groups is 1. The van der Waals surface area contributed by atoms with Crippen molar-refractivity contribution in [3.8, 4) is 0 Å². The average Bonchev–Trinajstić information content (AvgIpc) is 2.72. The molecule has 3 nitrogen and oxygen atoms in total. The third-order valence-corrected chi connectivity index (χ3v) is 1.99. The van der Waals surface area contributed by atoms with E-state index in [2.05, 4.69) is 23.3 Å². The smallest absolute Gasteiger partial charge is 0.282 e. The second-order valence-electron chi connectivity index (χ2n) is 3.05. The van der Waals surface area contributed by atoms with E-state index >= 15 is 0 Å². The topological polar surface area (TPSA) is 33.6 Å². The number of aliphatic imine (C=N–C) groups is 1. The predicted octanol–water partition coefficient (Wildman–Crippen LogP) is 1.34. The average molecular weight is 277 g/mol. The van der Waals surface area contributed by atoms with Crippen molar-refractivity contribution in [2.75, 3.05) is 13.2 Å². The van der Waals surface area contributed by atoms with Crippen LogP contribution in [0.25, 0.3) is 0 Å². The summed E-state index contributed by atoms with van der Waals surface area (Å²) in [5.74, 6) is 0. The van der Waals surface area contributed by atoms with Gasteiger partial charge in [-0.2, -0.15) is 35.9 Å². The van der Waals surface area contributed by atoms with Crippen LogP contribution < -0.4 is 5.32 Å². The van der Waals surface area contributed by atoms with Crippen molar-refractivity contribution in [1.82, 2.24) is 5.32 Å². The molecule has 2 rings (SSSR count). The molecule has 0 saturated carbocycles. The molecule has 1 heterocycles. The van der Waals surface area contributed by atoms with Crippen LogP contribution in [0.3, 0.4) is 0 Å². The van der Waals surface area contributed by atoms with E-state index in [-0.39, 0.29) is 38.8 Å². The third-order valence-electron chi connectivity index (χ3n) is 1.99. The summed E-state index contributed by atoms with van der Waals surface area (Å²) < 4.78 is 5.23. The minimum atomic E-state index is -0.0620. The summed E-state index contributed by atoms with van der Waals surface area (Å²) in [5.41, 5.74) is 1.01. The fraction of sp³-hybridized carbons (Fsp3) is 0.273. The molecule has 0 fully saturated rings. The van der Waals surface area contributed by atoms with Gasteiger partial charge in [0.15, 0.2) is 0 Å². The van der Waals surface area contributed by atoms with Crippen molar-refractivity contribution in [1.29, 1.82) is 0 Å². The van der Waals surface area contributed by atoms with E-state index < -0.39 is 0 Å². The van der Waals surface area contributed by atoms with Crippen molar-refractivity contribution < 1.29 is 37.4 Å². The molecule has 77 valence electrons. The zero-order valence-corrected chi connectivity index (χ0v) is 11.3. The minimum Gasteiger partial charge on any atom is -0.463 e. The Morgan fingerprint density at radius 1 is 1.53 bits per heavy atom. The van der Waals surface area contributed by atoms with Gasteiger partial charge in [0.25, 0.3) is 6.02 Å². The molecule has 1 atom stereocenters. The Morgan fingerprint density at radius 2 is 2.40 bits per heavy atom. The Bertz CT molecular complexity index is 327. The van der Waals surface area contributed by atoms with Crippen LogP contribution in [-0.4, -0.2) is 19.2 Å². The van der Waals surface area contributed by atoms with E-state index in [4.69, 9.17) is 4.74 Å². The van der Waals surface area contributed by atoms with Gasteiger partial charge < -0.3 is 17.0 Å². The maximum Gasteiger partial charge on any atom is 0.282 e. The summed E-state index contributed by atoms with van der Waals surface area (Å²) >= 11 is 0. The zero-order chi connectivity index (χ0) is 9.80. The SMILES string of the molecule is [CH2-]C(NC1=NCCO1)c1[c-]cccc1.[Y]. The molecule has 1 aliphatic heterocycles. The van der Waals surface area contributed by atoms with Gasteiger partial charge in [-0.05, 0) is 0 Å². The molecule has 1 unspecified atom stereocenters. The molecule has 0 saturated heterocycles. The number of benzene rings is 1. The van der Waals surface area contributed by atoms with E-state index in [1.807, 2.05) is 24.3 Å². The van der Waals surface area contributed by atoms with Crippen molar-refractivity contribution in [3.63, 3.8) is 0 Å². The van der Waals surface area contributed by atoms with E-state index in [1.165, 1.54) is 0 Å². The maximum atomic E-state index is 5.23. The van der Waals surface area contributed by atoms with E-state index in [1.54, 1.807) is 0 Å². The van der Waals surface area contributed by atoms with Gasteiger partial charge in [-0.25, -0.2) is 4.99 Å². The van der Waals surface area contributed by atoms with Gasteiger partial charge in [0, 0.05) is 32.7 Å². The monoisotopic (exact) mass is 277 g/mol. The van der Waals surface area contributed by atoms with Crippen LogP contribution in [-0.2, 0) is 37.4 Å². The van der Waals surface area contributed by atoms with Crippen LogP contribution in [0.15, 0.2) is 29.3 Å². The Morgan fingerprint density at radius 3 is 3.00 bits per heavy atom. The molecule has 0 aliphatic carbocycles. The summed E-state index contributed by atoms with van der Waals surface area (Å²) in [6.07, 6.45) is 0. The number of ether oxygens (including phenoxy) is 1.